The number of halogens is 1. The number of rotatable bonds is 4. The number of aromatic nitrogens is 2. The average Bonchev–Trinajstić information content (AvgIpc) is 3.16. The Balaban J connectivity index is 1.67. The molecule has 7 heteroatoms. The molecule has 106 valence electrons. The van der Waals surface area contributed by atoms with E-state index in [9.17, 15) is 4.79 Å². The van der Waals surface area contributed by atoms with Crippen molar-refractivity contribution >= 4 is 28.8 Å². The maximum Gasteiger partial charge on any atom is 0.252 e. The zero-order valence-corrected chi connectivity index (χ0v) is 12.3. The number of thiophene rings is 1. The number of carbonyl (C=O) groups excluding carboxylic acids is 1. The Labute approximate surface area is 129 Å². The van der Waals surface area contributed by atoms with Crippen molar-refractivity contribution in [3.8, 4) is 11.4 Å². The van der Waals surface area contributed by atoms with Gasteiger partial charge in [-0.2, -0.15) is 16.3 Å². The highest BCUT2D eigenvalue weighted by molar-refractivity contribution is 7.08. The van der Waals surface area contributed by atoms with E-state index in [4.69, 9.17) is 16.1 Å². The van der Waals surface area contributed by atoms with E-state index in [2.05, 4.69) is 15.5 Å². The summed E-state index contributed by atoms with van der Waals surface area (Å²) in [5, 5.41) is 10.8. The summed E-state index contributed by atoms with van der Waals surface area (Å²) < 4.78 is 5.11. The Bertz CT molecular complexity index is 755. The summed E-state index contributed by atoms with van der Waals surface area (Å²) in [4.78, 5) is 16.0. The number of nitrogens with zero attached hydrogens (tertiary/aromatic N) is 2. The summed E-state index contributed by atoms with van der Waals surface area (Å²) in [6, 6.07) is 8.93. The summed E-state index contributed by atoms with van der Waals surface area (Å²) >= 11 is 7.39. The topological polar surface area (TPSA) is 68.0 Å². The van der Waals surface area contributed by atoms with Gasteiger partial charge >= 0.3 is 0 Å². The molecule has 0 radical (unpaired) electrons. The molecule has 0 unspecified atom stereocenters. The van der Waals surface area contributed by atoms with Crippen LogP contribution in [0.4, 0.5) is 0 Å². The van der Waals surface area contributed by atoms with Crippen LogP contribution >= 0.6 is 22.9 Å². The molecule has 0 aliphatic carbocycles. The van der Waals surface area contributed by atoms with Crippen LogP contribution in [0.5, 0.6) is 0 Å². The second-order valence-electron chi connectivity index (χ2n) is 4.22. The maximum absolute atomic E-state index is 11.8. The highest BCUT2D eigenvalue weighted by Crippen LogP contribution is 2.19. The van der Waals surface area contributed by atoms with Gasteiger partial charge in [-0.1, -0.05) is 28.9 Å². The molecule has 2 aromatic heterocycles. The van der Waals surface area contributed by atoms with E-state index < -0.39 is 0 Å². The molecule has 0 bridgehead atoms. The minimum atomic E-state index is -0.168. The SMILES string of the molecule is O=C(NCc1nc(-c2cccc(Cl)c2)no1)c1ccsc1. The van der Waals surface area contributed by atoms with Crippen LogP contribution in [0.1, 0.15) is 16.2 Å². The van der Waals surface area contributed by atoms with E-state index in [0.717, 1.165) is 5.56 Å². The summed E-state index contributed by atoms with van der Waals surface area (Å²) in [6.07, 6.45) is 0. The van der Waals surface area contributed by atoms with Crippen LogP contribution in [0.3, 0.4) is 0 Å². The summed E-state index contributed by atoms with van der Waals surface area (Å²) in [6.45, 7) is 0.183. The van der Waals surface area contributed by atoms with Gasteiger partial charge in [0.1, 0.15) is 0 Å². The third kappa shape index (κ3) is 3.29. The normalized spacial score (nSPS) is 10.5. The Morgan fingerprint density at radius 1 is 1.38 bits per heavy atom. The molecule has 1 amide bonds. The van der Waals surface area contributed by atoms with Crippen molar-refractivity contribution < 1.29 is 9.32 Å². The van der Waals surface area contributed by atoms with Gasteiger partial charge in [0.2, 0.25) is 11.7 Å². The second kappa shape index (κ2) is 6.07. The van der Waals surface area contributed by atoms with Crippen LogP contribution in [-0.2, 0) is 6.54 Å². The van der Waals surface area contributed by atoms with Crippen molar-refractivity contribution in [2.75, 3.05) is 0 Å². The van der Waals surface area contributed by atoms with Crippen molar-refractivity contribution in [1.82, 2.24) is 15.5 Å². The van der Waals surface area contributed by atoms with E-state index in [1.807, 2.05) is 17.5 Å². The number of benzene rings is 1. The van der Waals surface area contributed by atoms with Crippen LogP contribution in [0, 0.1) is 0 Å². The lowest BCUT2D eigenvalue weighted by atomic mass is 10.2. The molecule has 21 heavy (non-hydrogen) atoms. The molecule has 0 fully saturated rings. The first-order valence-corrected chi connectivity index (χ1v) is 7.43. The fraction of sp³-hybridized carbons (Fsp3) is 0.0714. The van der Waals surface area contributed by atoms with E-state index >= 15 is 0 Å². The molecular weight excluding hydrogens is 310 g/mol. The molecule has 3 aromatic rings. The van der Waals surface area contributed by atoms with Gasteiger partial charge < -0.3 is 9.84 Å². The molecule has 1 N–H and O–H groups in total. The van der Waals surface area contributed by atoms with Gasteiger partial charge in [-0.05, 0) is 23.6 Å². The number of hydrogen-bond acceptors (Lipinski definition) is 5. The van der Waals surface area contributed by atoms with Crippen molar-refractivity contribution in [2.24, 2.45) is 0 Å². The molecule has 0 atom stereocenters. The van der Waals surface area contributed by atoms with Crippen LogP contribution in [0.25, 0.3) is 11.4 Å². The molecule has 2 heterocycles. The highest BCUT2D eigenvalue weighted by atomic mass is 35.5. The largest absolute Gasteiger partial charge is 0.343 e. The van der Waals surface area contributed by atoms with Crippen molar-refractivity contribution in [3.63, 3.8) is 0 Å². The first kappa shape index (κ1) is 13.8. The minimum absolute atomic E-state index is 0.168. The maximum atomic E-state index is 11.8. The third-order valence-electron chi connectivity index (χ3n) is 2.73. The molecule has 0 spiro atoms. The predicted octanol–water partition coefficient (Wildman–Crippen LogP) is 3.38. The number of carbonyl (C=O) groups is 1. The first-order valence-electron chi connectivity index (χ1n) is 6.11. The van der Waals surface area contributed by atoms with Gasteiger partial charge in [-0.15, -0.1) is 0 Å². The molecule has 0 saturated carbocycles. The minimum Gasteiger partial charge on any atom is -0.343 e. The van der Waals surface area contributed by atoms with Gasteiger partial charge in [0.05, 0.1) is 6.54 Å². The van der Waals surface area contributed by atoms with E-state index in [-0.39, 0.29) is 12.5 Å². The van der Waals surface area contributed by atoms with Gasteiger partial charge in [-0.25, -0.2) is 0 Å². The average molecular weight is 320 g/mol. The molecular formula is C14H10ClN3O2S. The predicted molar refractivity (Wildman–Crippen MR) is 80.2 cm³/mol. The Hall–Kier alpha value is -2.18. The van der Waals surface area contributed by atoms with Crippen molar-refractivity contribution in [3.05, 3.63) is 57.6 Å². The second-order valence-corrected chi connectivity index (χ2v) is 5.43. The summed E-state index contributed by atoms with van der Waals surface area (Å²) in [5.74, 6) is 0.615. The van der Waals surface area contributed by atoms with Crippen molar-refractivity contribution in [1.29, 1.82) is 0 Å². The summed E-state index contributed by atoms with van der Waals surface area (Å²) in [7, 11) is 0. The van der Waals surface area contributed by atoms with Gasteiger partial charge in [0.15, 0.2) is 0 Å². The fourth-order valence-electron chi connectivity index (χ4n) is 1.72. The third-order valence-corrected chi connectivity index (χ3v) is 3.65. The Morgan fingerprint density at radius 2 is 2.29 bits per heavy atom. The van der Waals surface area contributed by atoms with Crippen molar-refractivity contribution in [2.45, 2.75) is 6.54 Å². The standard InChI is InChI=1S/C14H10ClN3O2S/c15-11-3-1-2-9(6-11)13-17-12(20-18-13)7-16-14(19)10-4-5-21-8-10/h1-6,8H,7H2,(H,16,19). The zero-order chi connectivity index (χ0) is 14.7. The molecule has 3 rings (SSSR count). The van der Waals surface area contributed by atoms with Gasteiger partial charge in [0, 0.05) is 21.5 Å². The monoisotopic (exact) mass is 319 g/mol. The smallest absolute Gasteiger partial charge is 0.252 e. The molecule has 0 aliphatic rings. The Morgan fingerprint density at radius 3 is 3.05 bits per heavy atom. The molecule has 0 aliphatic heterocycles. The summed E-state index contributed by atoms with van der Waals surface area (Å²) in [5.41, 5.74) is 1.39. The van der Waals surface area contributed by atoms with E-state index in [1.165, 1.54) is 11.3 Å². The molecule has 1 aromatic carbocycles. The molecule has 5 nitrogen and oxygen atoms in total. The lowest BCUT2D eigenvalue weighted by Crippen LogP contribution is -2.22. The lowest BCUT2D eigenvalue weighted by molar-refractivity contribution is 0.0946. The van der Waals surface area contributed by atoms with Gasteiger partial charge in [0.25, 0.3) is 5.91 Å². The quantitative estimate of drug-likeness (QED) is 0.800. The first-order chi connectivity index (χ1) is 10.2. The van der Waals surface area contributed by atoms with Gasteiger partial charge in [-0.3, -0.25) is 4.79 Å². The number of nitrogens with one attached hydrogen (secondary N) is 1. The number of amides is 1. The van der Waals surface area contributed by atoms with Crippen LogP contribution in [0.15, 0.2) is 45.6 Å². The van der Waals surface area contributed by atoms with E-state index in [0.29, 0.717) is 22.3 Å². The van der Waals surface area contributed by atoms with Crippen LogP contribution in [0.2, 0.25) is 5.02 Å². The van der Waals surface area contributed by atoms with Crippen LogP contribution < -0.4 is 5.32 Å². The highest BCUT2D eigenvalue weighted by Gasteiger charge is 2.11. The van der Waals surface area contributed by atoms with E-state index in [1.54, 1.807) is 23.6 Å². The zero-order valence-electron chi connectivity index (χ0n) is 10.7. The van der Waals surface area contributed by atoms with Crippen LogP contribution in [-0.4, -0.2) is 16.0 Å². The fourth-order valence-corrected chi connectivity index (χ4v) is 2.55. The number of hydrogen-bond donors (Lipinski definition) is 1. The molecule has 0 saturated heterocycles. The lowest BCUT2D eigenvalue weighted by Gasteiger charge is -1.98. The Kier molecular flexibility index (Phi) is 3.98.